The smallest absolute Gasteiger partial charge is 0.203 e. The van der Waals surface area contributed by atoms with E-state index in [4.69, 9.17) is 23.4 Å². The molecule has 0 bridgehead atoms. The normalized spacial score (nSPS) is 11.0. The highest BCUT2D eigenvalue weighted by Crippen LogP contribution is 2.39. The lowest BCUT2D eigenvalue weighted by Crippen LogP contribution is -2.03. The summed E-state index contributed by atoms with van der Waals surface area (Å²) in [5.74, 6) is 1.65. The minimum absolute atomic E-state index is 0.228. The molecule has 0 aliphatic heterocycles. The van der Waals surface area contributed by atoms with Crippen LogP contribution in [0, 0.1) is 0 Å². The van der Waals surface area contributed by atoms with Crippen molar-refractivity contribution in [1.29, 1.82) is 0 Å². The van der Waals surface area contributed by atoms with E-state index in [1.54, 1.807) is 24.3 Å². The Balaban J connectivity index is 1.58. The van der Waals surface area contributed by atoms with Gasteiger partial charge >= 0.3 is 0 Å². The Morgan fingerprint density at radius 2 is 1.64 bits per heavy atom. The fraction of sp³-hybridized carbons (Fsp3) is 0.148. The van der Waals surface area contributed by atoms with E-state index in [0.29, 0.717) is 51.7 Å². The molecule has 0 amide bonds. The van der Waals surface area contributed by atoms with Gasteiger partial charge in [-0.3, -0.25) is 4.79 Å². The highest BCUT2D eigenvalue weighted by atomic mass is 16.5. The number of ether oxygens (including phenoxy) is 4. The van der Waals surface area contributed by atoms with Gasteiger partial charge < -0.3 is 23.4 Å². The van der Waals surface area contributed by atoms with E-state index >= 15 is 0 Å². The molecule has 0 fully saturated rings. The Bertz CT molecular complexity index is 1260. The van der Waals surface area contributed by atoms with Crippen LogP contribution in [0.4, 0.5) is 0 Å². The van der Waals surface area contributed by atoms with E-state index in [0.717, 1.165) is 5.56 Å². The summed E-state index contributed by atoms with van der Waals surface area (Å²) < 4.78 is 27.6. The maximum absolute atomic E-state index is 13.3. The Hall–Kier alpha value is -4.19. The van der Waals surface area contributed by atoms with Crippen molar-refractivity contribution < 1.29 is 28.2 Å². The number of furan rings is 1. The van der Waals surface area contributed by atoms with Gasteiger partial charge in [-0.2, -0.15) is 0 Å². The number of carbonyl (C=O) groups excluding carboxylic acids is 1. The van der Waals surface area contributed by atoms with Gasteiger partial charge in [0.2, 0.25) is 5.75 Å². The van der Waals surface area contributed by atoms with Crippen molar-refractivity contribution in [2.24, 2.45) is 0 Å². The number of benzene rings is 3. The Morgan fingerprint density at radius 3 is 2.30 bits per heavy atom. The van der Waals surface area contributed by atoms with E-state index in [9.17, 15) is 4.79 Å². The topological polar surface area (TPSA) is 67.1 Å². The fourth-order valence-electron chi connectivity index (χ4n) is 3.53. The zero-order valence-corrected chi connectivity index (χ0v) is 18.7. The van der Waals surface area contributed by atoms with E-state index in [2.05, 4.69) is 0 Å². The van der Waals surface area contributed by atoms with E-state index in [1.165, 1.54) is 27.6 Å². The first kappa shape index (κ1) is 22.0. The molecule has 4 rings (SSSR count). The predicted octanol–water partition coefficient (Wildman–Crippen LogP) is 5.78. The molecule has 6 heteroatoms. The third-order valence-electron chi connectivity index (χ3n) is 5.17. The first-order valence-corrected chi connectivity index (χ1v) is 10.3. The first-order chi connectivity index (χ1) is 16.1. The molecule has 33 heavy (non-hydrogen) atoms. The molecule has 0 aliphatic carbocycles. The second-order valence-corrected chi connectivity index (χ2v) is 7.17. The number of hydrogen-bond donors (Lipinski definition) is 0. The van der Waals surface area contributed by atoms with Crippen molar-refractivity contribution in [3.05, 3.63) is 89.7 Å². The average molecular weight is 444 g/mol. The summed E-state index contributed by atoms with van der Waals surface area (Å²) >= 11 is 0. The summed E-state index contributed by atoms with van der Waals surface area (Å²) in [6, 6.07) is 18.7. The van der Waals surface area contributed by atoms with Crippen LogP contribution >= 0.6 is 0 Å². The van der Waals surface area contributed by atoms with Crippen LogP contribution in [-0.2, 0) is 0 Å². The molecular weight excluding hydrogens is 420 g/mol. The summed E-state index contributed by atoms with van der Waals surface area (Å²) in [7, 11) is 4.53. The van der Waals surface area contributed by atoms with Gasteiger partial charge in [0.25, 0.3) is 0 Å². The molecule has 4 aromatic rings. The van der Waals surface area contributed by atoms with Crippen LogP contribution in [0.25, 0.3) is 17.0 Å². The minimum Gasteiger partial charge on any atom is -0.493 e. The summed E-state index contributed by atoms with van der Waals surface area (Å²) in [5, 5.41) is 0.665. The van der Waals surface area contributed by atoms with Crippen molar-refractivity contribution in [3.8, 4) is 23.0 Å². The van der Waals surface area contributed by atoms with Crippen molar-refractivity contribution in [3.63, 3.8) is 0 Å². The van der Waals surface area contributed by atoms with Crippen LogP contribution in [0.1, 0.15) is 21.5 Å². The van der Waals surface area contributed by atoms with Gasteiger partial charge in [0.05, 0.1) is 26.9 Å². The maximum Gasteiger partial charge on any atom is 0.203 e. The summed E-state index contributed by atoms with van der Waals surface area (Å²) in [4.78, 5) is 13.3. The lowest BCUT2D eigenvalue weighted by atomic mass is 10.0. The molecule has 6 nitrogen and oxygen atoms in total. The Kier molecular flexibility index (Phi) is 6.64. The van der Waals surface area contributed by atoms with Gasteiger partial charge in [0.15, 0.2) is 17.3 Å². The highest BCUT2D eigenvalue weighted by molar-refractivity contribution is 6.16. The zero-order valence-electron chi connectivity index (χ0n) is 18.7. The second kappa shape index (κ2) is 9.96. The Morgan fingerprint density at radius 1 is 0.909 bits per heavy atom. The number of methoxy groups -OCH3 is 3. The van der Waals surface area contributed by atoms with Crippen molar-refractivity contribution in [2.75, 3.05) is 27.9 Å². The zero-order chi connectivity index (χ0) is 23.2. The SMILES string of the molecule is COc1cc(C(=O)c2coc3ccc(OCC=Cc4ccccc4)cc23)cc(OC)c1OC. The van der Waals surface area contributed by atoms with Crippen molar-refractivity contribution in [1.82, 2.24) is 0 Å². The van der Waals surface area contributed by atoms with Gasteiger partial charge in [0, 0.05) is 10.9 Å². The van der Waals surface area contributed by atoms with Crippen LogP contribution in [0.3, 0.4) is 0 Å². The van der Waals surface area contributed by atoms with Gasteiger partial charge in [-0.25, -0.2) is 0 Å². The minimum atomic E-state index is -0.228. The van der Waals surface area contributed by atoms with Gasteiger partial charge in [0.1, 0.15) is 24.2 Å². The molecule has 168 valence electrons. The quantitative estimate of drug-likeness (QED) is 0.305. The lowest BCUT2D eigenvalue weighted by molar-refractivity contribution is 0.103. The molecule has 3 aromatic carbocycles. The van der Waals surface area contributed by atoms with Gasteiger partial charge in [-0.05, 0) is 42.0 Å². The van der Waals surface area contributed by atoms with Crippen molar-refractivity contribution >= 4 is 22.8 Å². The molecule has 0 spiro atoms. The number of ketones is 1. The molecule has 0 atom stereocenters. The molecule has 0 N–H and O–H groups in total. The summed E-state index contributed by atoms with van der Waals surface area (Å²) in [6.07, 6.45) is 5.39. The molecular formula is C27H24O6. The fourth-order valence-corrected chi connectivity index (χ4v) is 3.53. The lowest BCUT2D eigenvalue weighted by Gasteiger charge is -2.13. The number of fused-ring (bicyclic) bond motifs is 1. The molecule has 0 saturated carbocycles. The molecule has 0 aliphatic rings. The Labute approximate surface area is 192 Å². The summed E-state index contributed by atoms with van der Waals surface area (Å²) in [6.45, 7) is 0.397. The van der Waals surface area contributed by atoms with E-state index in [-0.39, 0.29) is 5.78 Å². The van der Waals surface area contributed by atoms with E-state index < -0.39 is 0 Å². The summed E-state index contributed by atoms with van der Waals surface area (Å²) in [5.41, 5.74) is 2.51. The van der Waals surface area contributed by atoms with Gasteiger partial charge in [-0.1, -0.05) is 36.4 Å². The number of rotatable bonds is 9. The van der Waals surface area contributed by atoms with Crippen molar-refractivity contribution in [2.45, 2.75) is 0 Å². The molecule has 0 saturated heterocycles. The van der Waals surface area contributed by atoms with Crippen LogP contribution in [0.2, 0.25) is 0 Å². The molecule has 1 heterocycles. The van der Waals surface area contributed by atoms with Crippen LogP contribution in [0.5, 0.6) is 23.0 Å². The third kappa shape index (κ3) is 4.70. The number of carbonyl (C=O) groups is 1. The number of hydrogen-bond acceptors (Lipinski definition) is 6. The second-order valence-electron chi connectivity index (χ2n) is 7.17. The van der Waals surface area contributed by atoms with Crippen LogP contribution in [-0.4, -0.2) is 33.7 Å². The average Bonchev–Trinajstić information content (AvgIpc) is 3.29. The largest absolute Gasteiger partial charge is 0.493 e. The highest BCUT2D eigenvalue weighted by Gasteiger charge is 2.21. The van der Waals surface area contributed by atoms with Crippen LogP contribution < -0.4 is 18.9 Å². The maximum atomic E-state index is 13.3. The van der Waals surface area contributed by atoms with E-state index in [1.807, 2.05) is 48.6 Å². The molecule has 1 aromatic heterocycles. The molecule has 0 unspecified atom stereocenters. The van der Waals surface area contributed by atoms with Gasteiger partial charge in [-0.15, -0.1) is 0 Å². The predicted molar refractivity (Wildman–Crippen MR) is 127 cm³/mol. The van der Waals surface area contributed by atoms with Crippen LogP contribution in [0.15, 0.2) is 77.4 Å². The molecule has 0 radical (unpaired) electrons. The standard InChI is InChI=1S/C27H24O6/c1-29-24-14-19(15-25(30-2)27(24)31-3)26(28)22-17-33-23-12-11-20(16-21(22)23)32-13-7-10-18-8-5-4-6-9-18/h4-12,14-17H,13H2,1-3H3. The monoisotopic (exact) mass is 444 g/mol. The third-order valence-corrected chi connectivity index (χ3v) is 5.17. The first-order valence-electron chi connectivity index (χ1n) is 10.3.